The number of esters is 1. The largest absolute Gasteiger partial charge is 0.494 e. The van der Waals surface area contributed by atoms with E-state index in [1.165, 1.54) is 96.3 Å². The van der Waals surface area contributed by atoms with E-state index in [0.717, 1.165) is 29.9 Å². The van der Waals surface area contributed by atoms with E-state index in [1.807, 2.05) is 43.3 Å². The number of ether oxygens (including phenoxy) is 2. The lowest BCUT2D eigenvalue weighted by Gasteiger charge is -2.13. The molecule has 0 heterocycles. The molecule has 3 nitrogen and oxygen atoms in total. The summed E-state index contributed by atoms with van der Waals surface area (Å²) in [7, 11) is 0. The first kappa shape index (κ1) is 33.8. The summed E-state index contributed by atoms with van der Waals surface area (Å²) in [5.41, 5.74) is 2.05. The summed E-state index contributed by atoms with van der Waals surface area (Å²) in [6.45, 7) is 6.61. The van der Waals surface area contributed by atoms with Gasteiger partial charge >= 0.3 is 5.97 Å². The van der Waals surface area contributed by atoms with Crippen molar-refractivity contribution in [2.45, 2.75) is 136 Å². The van der Waals surface area contributed by atoms with Crippen molar-refractivity contribution in [3.8, 4) is 22.6 Å². The molecular weight excluding hydrogens is 499 g/mol. The van der Waals surface area contributed by atoms with Crippen molar-refractivity contribution in [3.05, 3.63) is 48.5 Å². The average molecular weight is 555 g/mol. The third kappa shape index (κ3) is 14.3. The van der Waals surface area contributed by atoms with Crippen LogP contribution in [0.2, 0.25) is 0 Å². The van der Waals surface area contributed by atoms with Gasteiger partial charge in [0.15, 0.2) is 6.17 Å². The molecular formula is C36H55FO3. The standard InChI is InChI=1S/C36H55FO3/c1-4-6-7-8-9-10-11-12-13-14-15-16-17-18-19-20-29-39-33-25-21-31(22-26-33)32-23-27-34(28-24-32)40-36(38)35(37)30(3)5-2/h21-28,30,35H,4-20,29H2,1-3H3. The maximum Gasteiger partial charge on any atom is 0.346 e. The lowest BCUT2D eigenvalue weighted by molar-refractivity contribution is -0.141. The van der Waals surface area contributed by atoms with E-state index >= 15 is 0 Å². The monoisotopic (exact) mass is 554 g/mol. The Labute approximate surface area is 244 Å². The van der Waals surface area contributed by atoms with Crippen LogP contribution in [0.15, 0.2) is 48.5 Å². The highest BCUT2D eigenvalue weighted by Crippen LogP contribution is 2.25. The Hall–Kier alpha value is -2.36. The summed E-state index contributed by atoms with van der Waals surface area (Å²) < 4.78 is 25.2. The molecule has 224 valence electrons. The second-order valence-corrected chi connectivity index (χ2v) is 11.4. The van der Waals surface area contributed by atoms with Gasteiger partial charge in [0.05, 0.1) is 6.61 Å². The number of rotatable bonds is 23. The molecule has 0 amide bonds. The minimum absolute atomic E-state index is 0.350. The van der Waals surface area contributed by atoms with E-state index in [9.17, 15) is 9.18 Å². The molecule has 4 heteroatoms. The van der Waals surface area contributed by atoms with E-state index in [1.54, 1.807) is 19.1 Å². The first-order valence-corrected chi connectivity index (χ1v) is 16.2. The van der Waals surface area contributed by atoms with Crippen LogP contribution in [0.3, 0.4) is 0 Å². The first-order valence-electron chi connectivity index (χ1n) is 16.2. The third-order valence-electron chi connectivity index (χ3n) is 7.90. The van der Waals surface area contributed by atoms with Gasteiger partial charge in [0.25, 0.3) is 0 Å². The number of hydrogen-bond acceptors (Lipinski definition) is 3. The highest BCUT2D eigenvalue weighted by molar-refractivity contribution is 5.77. The van der Waals surface area contributed by atoms with Gasteiger partial charge in [-0.3, -0.25) is 0 Å². The normalized spacial score (nSPS) is 12.7. The van der Waals surface area contributed by atoms with Crippen molar-refractivity contribution in [3.63, 3.8) is 0 Å². The molecule has 0 N–H and O–H groups in total. The lowest BCUT2D eigenvalue weighted by Crippen LogP contribution is -2.27. The molecule has 0 aliphatic rings. The molecule has 0 aliphatic carbocycles. The molecule has 40 heavy (non-hydrogen) atoms. The zero-order chi connectivity index (χ0) is 28.8. The second-order valence-electron chi connectivity index (χ2n) is 11.4. The third-order valence-corrected chi connectivity index (χ3v) is 7.90. The fourth-order valence-electron chi connectivity index (χ4n) is 4.91. The highest BCUT2D eigenvalue weighted by Gasteiger charge is 2.25. The Morgan fingerprint density at radius 2 is 1.02 bits per heavy atom. The van der Waals surface area contributed by atoms with Gasteiger partial charge in [-0.25, -0.2) is 9.18 Å². The SMILES string of the molecule is CCCCCCCCCCCCCCCCCCOc1ccc(-c2ccc(OC(=O)C(F)C(C)CC)cc2)cc1. The zero-order valence-corrected chi connectivity index (χ0v) is 25.6. The molecule has 2 atom stereocenters. The fourth-order valence-corrected chi connectivity index (χ4v) is 4.91. The van der Waals surface area contributed by atoms with Crippen molar-refractivity contribution in [2.24, 2.45) is 5.92 Å². The quantitative estimate of drug-likeness (QED) is 0.0778. The van der Waals surface area contributed by atoms with Crippen LogP contribution in [-0.2, 0) is 4.79 Å². The molecule has 2 aromatic carbocycles. The molecule has 0 fully saturated rings. The van der Waals surface area contributed by atoms with E-state index in [0.29, 0.717) is 12.2 Å². The minimum Gasteiger partial charge on any atom is -0.494 e. The summed E-state index contributed by atoms with van der Waals surface area (Å²) in [6.07, 6.45) is 20.9. The molecule has 0 aliphatic heterocycles. The minimum atomic E-state index is -1.60. The molecule has 0 bridgehead atoms. The van der Waals surface area contributed by atoms with Crippen LogP contribution in [0.25, 0.3) is 11.1 Å². The molecule has 0 radical (unpaired) electrons. The average Bonchev–Trinajstić information content (AvgIpc) is 2.98. The van der Waals surface area contributed by atoms with Crippen LogP contribution >= 0.6 is 0 Å². The Balaban J connectivity index is 1.50. The van der Waals surface area contributed by atoms with E-state index < -0.39 is 12.1 Å². The van der Waals surface area contributed by atoms with Crippen molar-refractivity contribution in [1.82, 2.24) is 0 Å². The lowest BCUT2D eigenvalue weighted by atomic mass is 10.0. The van der Waals surface area contributed by atoms with Gasteiger partial charge < -0.3 is 9.47 Å². The van der Waals surface area contributed by atoms with Crippen LogP contribution in [-0.4, -0.2) is 18.7 Å². The molecule has 2 aromatic rings. The van der Waals surface area contributed by atoms with Crippen LogP contribution in [0.1, 0.15) is 130 Å². The van der Waals surface area contributed by atoms with Crippen LogP contribution in [0, 0.1) is 5.92 Å². The summed E-state index contributed by atoms with van der Waals surface area (Å²) in [4.78, 5) is 12.0. The van der Waals surface area contributed by atoms with Crippen molar-refractivity contribution < 1.29 is 18.7 Å². The predicted molar refractivity (Wildman–Crippen MR) is 167 cm³/mol. The molecule has 0 saturated heterocycles. The van der Waals surface area contributed by atoms with Gasteiger partial charge in [0.2, 0.25) is 0 Å². The topological polar surface area (TPSA) is 35.5 Å². The molecule has 2 rings (SSSR count). The molecule has 0 aromatic heterocycles. The number of benzene rings is 2. The molecule has 2 unspecified atom stereocenters. The Morgan fingerprint density at radius 1 is 0.625 bits per heavy atom. The number of carbonyl (C=O) groups is 1. The van der Waals surface area contributed by atoms with Gasteiger partial charge in [0, 0.05) is 0 Å². The maximum atomic E-state index is 14.0. The number of alkyl halides is 1. The Morgan fingerprint density at radius 3 is 1.45 bits per heavy atom. The first-order chi connectivity index (χ1) is 19.5. The Bertz CT molecular complexity index is 893. The molecule has 0 saturated carbocycles. The number of halogens is 1. The van der Waals surface area contributed by atoms with Crippen molar-refractivity contribution in [2.75, 3.05) is 6.61 Å². The zero-order valence-electron chi connectivity index (χ0n) is 25.6. The highest BCUT2D eigenvalue weighted by atomic mass is 19.1. The second kappa shape index (κ2) is 21.4. The van der Waals surface area contributed by atoms with Gasteiger partial charge in [-0.15, -0.1) is 0 Å². The fraction of sp³-hybridized carbons (Fsp3) is 0.639. The van der Waals surface area contributed by atoms with Crippen molar-refractivity contribution in [1.29, 1.82) is 0 Å². The van der Waals surface area contributed by atoms with E-state index in [4.69, 9.17) is 9.47 Å². The summed E-state index contributed by atoms with van der Waals surface area (Å²) in [5.74, 6) is 0.0669. The van der Waals surface area contributed by atoms with Gasteiger partial charge in [-0.2, -0.15) is 0 Å². The predicted octanol–water partition coefficient (Wildman–Crippen LogP) is 11.3. The van der Waals surface area contributed by atoms with Gasteiger partial charge in [0.1, 0.15) is 11.5 Å². The maximum absolute atomic E-state index is 14.0. The van der Waals surface area contributed by atoms with Gasteiger partial charge in [-0.05, 0) is 47.7 Å². The van der Waals surface area contributed by atoms with Crippen LogP contribution in [0.5, 0.6) is 11.5 Å². The summed E-state index contributed by atoms with van der Waals surface area (Å²) >= 11 is 0. The smallest absolute Gasteiger partial charge is 0.346 e. The molecule has 0 spiro atoms. The number of unbranched alkanes of at least 4 members (excludes halogenated alkanes) is 15. The van der Waals surface area contributed by atoms with Crippen LogP contribution in [0.4, 0.5) is 4.39 Å². The number of hydrogen-bond donors (Lipinski definition) is 0. The summed E-state index contributed by atoms with van der Waals surface area (Å²) in [6, 6.07) is 15.2. The van der Waals surface area contributed by atoms with Gasteiger partial charge in [-0.1, -0.05) is 148 Å². The number of carbonyl (C=O) groups excluding carboxylic acids is 1. The Kier molecular flexibility index (Phi) is 18.1. The van der Waals surface area contributed by atoms with Crippen LogP contribution < -0.4 is 9.47 Å². The van der Waals surface area contributed by atoms with Crippen molar-refractivity contribution >= 4 is 5.97 Å². The van der Waals surface area contributed by atoms with E-state index in [-0.39, 0.29) is 5.92 Å². The summed E-state index contributed by atoms with van der Waals surface area (Å²) in [5, 5.41) is 0. The van der Waals surface area contributed by atoms with E-state index in [2.05, 4.69) is 6.92 Å².